The lowest BCUT2D eigenvalue weighted by atomic mass is 9.72. The quantitative estimate of drug-likeness (QED) is 0.734. The van der Waals surface area contributed by atoms with E-state index in [1.54, 1.807) is 7.05 Å². The van der Waals surface area contributed by atoms with Crippen molar-refractivity contribution in [3.05, 3.63) is 56.9 Å². The number of fused-ring (bicyclic) bond motifs is 2. The Morgan fingerprint density at radius 3 is 2.62 bits per heavy atom. The fraction of sp³-hybridized carbons (Fsp3) is 0.500. The van der Waals surface area contributed by atoms with Crippen LogP contribution >= 0.6 is 0 Å². The van der Waals surface area contributed by atoms with Gasteiger partial charge in [-0.1, -0.05) is 18.2 Å². The number of nitrogens with zero attached hydrogens (tertiary/aromatic N) is 3. The lowest BCUT2D eigenvalue weighted by Crippen LogP contribution is -2.51. The van der Waals surface area contributed by atoms with Crippen LogP contribution in [0.5, 0.6) is 0 Å². The van der Waals surface area contributed by atoms with Gasteiger partial charge >= 0.3 is 5.69 Å². The van der Waals surface area contributed by atoms with Crippen LogP contribution in [0.25, 0.3) is 0 Å². The molecule has 1 saturated heterocycles. The topological polar surface area (TPSA) is 64.3 Å². The van der Waals surface area contributed by atoms with Crippen LogP contribution in [0.15, 0.2) is 34.4 Å². The van der Waals surface area contributed by atoms with E-state index in [0.717, 1.165) is 0 Å². The average molecular weight is 327 g/mol. The molecular formula is C18H21N3O3. The molecular weight excluding hydrogens is 306 g/mol. The number of rotatable bonds is 2. The van der Waals surface area contributed by atoms with Gasteiger partial charge in [0, 0.05) is 56.7 Å². The van der Waals surface area contributed by atoms with E-state index in [-0.39, 0.29) is 41.0 Å². The van der Waals surface area contributed by atoms with Gasteiger partial charge in [-0.2, -0.15) is 0 Å². The van der Waals surface area contributed by atoms with Gasteiger partial charge in [0.2, 0.25) is 0 Å². The highest BCUT2D eigenvalue weighted by molar-refractivity contribution is 5.84. The summed E-state index contributed by atoms with van der Waals surface area (Å²) >= 11 is 0. The maximum Gasteiger partial charge on any atom is 0.330 e. The molecule has 3 heterocycles. The van der Waals surface area contributed by atoms with Crippen molar-refractivity contribution in [3.63, 3.8) is 0 Å². The van der Waals surface area contributed by atoms with Crippen molar-refractivity contribution in [1.82, 2.24) is 14.0 Å². The largest absolute Gasteiger partial charge is 0.330 e. The molecule has 4 bridgehead atoms. The van der Waals surface area contributed by atoms with E-state index in [1.165, 1.54) is 16.2 Å². The van der Waals surface area contributed by atoms with E-state index >= 15 is 0 Å². The zero-order valence-corrected chi connectivity index (χ0v) is 13.9. The molecule has 0 amide bonds. The number of carbonyl (C=O) groups excluding carboxylic acids is 1. The van der Waals surface area contributed by atoms with Gasteiger partial charge in [-0.25, -0.2) is 4.79 Å². The Balaban J connectivity index is 2.04. The summed E-state index contributed by atoms with van der Waals surface area (Å²) in [5.41, 5.74) is 0.819. The molecule has 1 aromatic heterocycles. The minimum Gasteiger partial charge on any atom is -0.300 e. The van der Waals surface area contributed by atoms with Crippen molar-refractivity contribution in [2.24, 2.45) is 25.9 Å². The van der Waals surface area contributed by atoms with Gasteiger partial charge in [0.1, 0.15) is 5.78 Å². The Kier molecular flexibility index (Phi) is 3.28. The summed E-state index contributed by atoms with van der Waals surface area (Å²) in [6, 6.07) is -0.168. The molecule has 1 fully saturated rings. The molecule has 0 N–H and O–H groups in total. The molecule has 1 aromatic rings. The Morgan fingerprint density at radius 2 is 1.92 bits per heavy atom. The molecule has 2 aliphatic carbocycles. The van der Waals surface area contributed by atoms with E-state index in [9.17, 15) is 14.4 Å². The van der Waals surface area contributed by atoms with Gasteiger partial charge in [0.25, 0.3) is 5.56 Å². The SMILES string of the molecule is C=CCN1[C@H]2C=C[C@@H]3[C@@H](Cc4c(c(=O)n(C)c(=O)n4C)[C@@H]31)C(=O)C2. The number of ketones is 1. The highest BCUT2D eigenvalue weighted by atomic mass is 16.2. The molecule has 2 aliphatic heterocycles. The normalized spacial score (nSPS) is 31.0. The molecule has 4 aliphatic rings. The minimum absolute atomic E-state index is 0.00496. The van der Waals surface area contributed by atoms with Crippen molar-refractivity contribution < 1.29 is 4.79 Å². The summed E-state index contributed by atoms with van der Waals surface area (Å²) in [6.45, 7) is 4.44. The van der Waals surface area contributed by atoms with Gasteiger partial charge in [-0.3, -0.25) is 19.1 Å². The van der Waals surface area contributed by atoms with Crippen LogP contribution in [0.2, 0.25) is 0 Å². The summed E-state index contributed by atoms with van der Waals surface area (Å²) in [7, 11) is 3.21. The Labute approximate surface area is 139 Å². The first-order chi connectivity index (χ1) is 11.5. The van der Waals surface area contributed by atoms with Crippen LogP contribution < -0.4 is 11.2 Å². The third-order valence-corrected chi connectivity index (χ3v) is 5.87. The summed E-state index contributed by atoms with van der Waals surface area (Å²) in [4.78, 5) is 40.1. The third-order valence-electron chi connectivity index (χ3n) is 5.87. The average Bonchev–Trinajstić information content (AvgIpc) is 2.77. The first-order valence-electron chi connectivity index (χ1n) is 8.32. The van der Waals surface area contributed by atoms with Crippen molar-refractivity contribution in [1.29, 1.82) is 0 Å². The van der Waals surface area contributed by atoms with Crippen LogP contribution in [-0.2, 0) is 25.3 Å². The summed E-state index contributed by atoms with van der Waals surface area (Å²) in [5.74, 6) is 0.0653. The number of hydrogen-bond acceptors (Lipinski definition) is 4. The monoisotopic (exact) mass is 327 g/mol. The summed E-state index contributed by atoms with van der Waals surface area (Å²) < 4.78 is 2.72. The smallest absolute Gasteiger partial charge is 0.300 e. The predicted molar refractivity (Wildman–Crippen MR) is 89.8 cm³/mol. The van der Waals surface area contributed by atoms with Gasteiger partial charge in [0.05, 0.1) is 5.56 Å². The second-order valence-corrected chi connectivity index (χ2v) is 7.01. The molecule has 0 spiro atoms. The van der Waals surface area contributed by atoms with Gasteiger partial charge < -0.3 is 4.57 Å². The molecule has 126 valence electrons. The van der Waals surface area contributed by atoms with Crippen LogP contribution in [0, 0.1) is 11.8 Å². The molecule has 0 saturated carbocycles. The lowest BCUT2D eigenvalue weighted by Gasteiger charge is -2.44. The maximum atomic E-state index is 12.9. The second-order valence-electron chi connectivity index (χ2n) is 7.01. The molecule has 0 aromatic carbocycles. The van der Waals surface area contributed by atoms with Crippen molar-refractivity contribution in [3.8, 4) is 0 Å². The molecule has 5 rings (SSSR count). The van der Waals surface area contributed by atoms with Crippen LogP contribution in [-0.4, -0.2) is 32.4 Å². The molecule has 0 radical (unpaired) electrons. The predicted octanol–water partition coefficient (Wildman–Crippen LogP) is 0.313. The molecule has 24 heavy (non-hydrogen) atoms. The first kappa shape index (κ1) is 15.3. The number of Topliss-reactive ketones (excluding diaryl/α,β-unsaturated/α-hetero) is 1. The lowest BCUT2D eigenvalue weighted by molar-refractivity contribution is -0.123. The van der Waals surface area contributed by atoms with Gasteiger partial charge in [-0.15, -0.1) is 6.58 Å². The Bertz CT molecular complexity index is 892. The van der Waals surface area contributed by atoms with Crippen molar-refractivity contribution in [2.75, 3.05) is 6.54 Å². The first-order valence-corrected chi connectivity index (χ1v) is 8.32. The van der Waals surface area contributed by atoms with Crippen LogP contribution in [0.1, 0.15) is 23.7 Å². The Hall–Kier alpha value is -2.21. The van der Waals surface area contributed by atoms with Crippen LogP contribution in [0.4, 0.5) is 0 Å². The zero-order chi connectivity index (χ0) is 17.2. The molecule has 0 unspecified atom stereocenters. The van der Waals surface area contributed by atoms with Gasteiger partial charge in [-0.05, 0) is 6.42 Å². The second kappa shape index (κ2) is 5.14. The fourth-order valence-corrected chi connectivity index (χ4v) is 4.68. The van der Waals surface area contributed by atoms with E-state index in [4.69, 9.17) is 0 Å². The van der Waals surface area contributed by atoms with E-state index in [0.29, 0.717) is 30.6 Å². The highest BCUT2D eigenvalue weighted by Crippen LogP contribution is 2.47. The van der Waals surface area contributed by atoms with Crippen molar-refractivity contribution in [2.45, 2.75) is 24.9 Å². The number of hydrogen-bond donors (Lipinski definition) is 0. The Morgan fingerprint density at radius 1 is 1.17 bits per heavy atom. The molecule has 4 atom stereocenters. The summed E-state index contributed by atoms with van der Waals surface area (Å²) in [6.07, 6.45) is 6.95. The molecule has 6 heteroatoms. The van der Waals surface area contributed by atoms with E-state index in [2.05, 4.69) is 23.6 Å². The standard InChI is InChI=1S/C18H21N3O3/c1-4-7-21-10-5-6-11-12(14(22)8-10)9-13-15(16(11)21)17(23)20(3)18(24)19(13)2/h4-6,10-12,16H,1,7-9H2,2-3H3/t10-,11+,12+,16+/m0/s1. The number of aromatic nitrogens is 2. The third kappa shape index (κ3) is 1.83. The fourth-order valence-electron chi connectivity index (χ4n) is 4.68. The van der Waals surface area contributed by atoms with E-state index in [1.807, 2.05) is 6.08 Å². The van der Waals surface area contributed by atoms with E-state index < -0.39 is 0 Å². The zero-order valence-electron chi connectivity index (χ0n) is 13.9. The minimum atomic E-state index is -0.333. The highest BCUT2D eigenvalue weighted by Gasteiger charge is 2.50. The molecule has 6 nitrogen and oxygen atoms in total. The van der Waals surface area contributed by atoms with Crippen molar-refractivity contribution >= 4 is 5.78 Å². The maximum absolute atomic E-state index is 12.9. The van der Waals surface area contributed by atoms with Gasteiger partial charge in [0.15, 0.2) is 0 Å². The van der Waals surface area contributed by atoms with Crippen LogP contribution in [0.3, 0.4) is 0 Å². The summed E-state index contributed by atoms with van der Waals surface area (Å²) in [5, 5.41) is 0. The number of carbonyl (C=O) groups is 1.